The number of benzene rings is 4. The molecule has 10 nitrogen and oxygen atoms in total. The fourth-order valence-corrected chi connectivity index (χ4v) is 10.1. The summed E-state index contributed by atoms with van der Waals surface area (Å²) in [6.45, 7) is 8.26. The third kappa shape index (κ3) is 10.5. The van der Waals surface area contributed by atoms with E-state index >= 15 is 0 Å². The van der Waals surface area contributed by atoms with Crippen molar-refractivity contribution < 1.29 is 28.7 Å². The molecule has 2 fully saturated rings. The molecule has 62 heavy (non-hydrogen) atoms. The van der Waals surface area contributed by atoms with E-state index in [1.807, 2.05) is 109 Å². The van der Waals surface area contributed by atoms with Crippen LogP contribution in [0.15, 0.2) is 109 Å². The zero-order valence-corrected chi connectivity index (χ0v) is 36.1. The lowest BCUT2D eigenvalue weighted by molar-refractivity contribution is -0.148. The number of piperidine rings is 2. The van der Waals surface area contributed by atoms with Crippen molar-refractivity contribution in [3.05, 3.63) is 154 Å². The van der Waals surface area contributed by atoms with Gasteiger partial charge in [0.1, 0.15) is 12.2 Å². The molecule has 4 aromatic carbocycles. The predicted molar refractivity (Wildman–Crippen MR) is 240 cm³/mol. The number of ether oxygens (including phenoxy) is 2. The molecule has 4 atom stereocenters. The average molecular weight is 837 g/mol. The second kappa shape index (κ2) is 20.1. The fourth-order valence-electron chi connectivity index (χ4n) is 10.1. The number of nitrogens with one attached hydrogen (secondary N) is 2. The van der Waals surface area contributed by atoms with E-state index in [4.69, 9.17) is 9.47 Å². The largest absolute Gasteiger partial charge is 0.453 e. The van der Waals surface area contributed by atoms with Gasteiger partial charge in [-0.1, -0.05) is 83.9 Å². The van der Waals surface area contributed by atoms with Crippen LogP contribution in [0.2, 0.25) is 0 Å². The van der Waals surface area contributed by atoms with Crippen molar-refractivity contribution in [1.29, 1.82) is 0 Å². The summed E-state index contributed by atoms with van der Waals surface area (Å²) in [6.07, 6.45) is 8.02. The third-order valence-corrected chi connectivity index (χ3v) is 13.4. The molecular weight excluding hydrogens is 777 g/mol. The summed E-state index contributed by atoms with van der Waals surface area (Å²) >= 11 is 0. The lowest BCUT2D eigenvalue weighted by Crippen LogP contribution is -2.42. The van der Waals surface area contributed by atoms with Crippen LogP contribution in [0.1, 0.15) is 105 Å². The first kappa shape index (κ1) is 43.1. The van der Waals surface area contributed by atoms with Crippen LogP contribution in [0.25, 0.3) is 0 Å². The van der Waals surface area contributed by atoms with Crippen LogP contribution in [0.3, 0.4) is 0 Å². The van der Waals surface area contributed by atoms with Gasteiger partial charge in [0.25, 0.3) is 11.8 Å². The minimum Gasteiger partial charge on any atom is -0.453 e. The molecule has 0 radical (unpaired) electrons. The Hall–Kier alpha value is -5.58. The summed E-state index contributed by atoms with van der Waals surface area (Å²) < 4.78 is 12.6. The zero-order chi connectivity index (χ0) is 43.0. The van der Waals surface area contributed by atoms with E-state index in [-0.39, 0.29) is 23.9 Å². The first-order chi connectivity index (χ1) is 30.2. The number of rotatable bonds is 10. The minimum absolute atomic E-state index is 0.0741. The van der Waals surface area contributed by atoms with Crippen LogP contribution in [-0.2, 0) is 31.9 Å². The maximum atomic E-state index is 13.7. The summed E-state index contributed by atoms with van der Waals surface area (Å²) in [6, 6.07) is 31.5. The molecule has 2 N–H and O–H groups in total. The SMILES string of the molecule is Cc1cccc(C(=O)N2CCC(CC3NCCc4ccccc4C3OC(=O)/C=C/C(=O)OC3c4ccccc4CCNC3CC3CCN(C(=O)c4cccc(C)c4)CC3)CC2)c1. The third-order valence-electron chi connectivity index (χ3n) is 13.4. The number of carbonyl (C=O) groups is 4. The highest BCUT2D eigenvalue weighted by Gasteiger charge is 2.36. The first-order valence-electron chi connectivity index (χ1n) is 22.6. The van der Waals surface area contributed by atoms with Crippen molar-refractivity contribution in [3.63, 3.8) is 0 Å². The number of aryl methyl sites for hydroxylation is 2. The van der Waals surface area contributed by atoms with Crippen molar-refractivity contribution >= 4 is 23.8 Å². The van der Waals surface area contributed by atoms with Crippen molar-refractivity contribution in [2.24, 2.45) is 11.8 Å². The molecule has 4 unspecified atom stereocenters. The van der Waals surface area contributed by atoms with E-state index in [9.17, 15) is 19.2 Å². The van der Waals surface area contributed by atoms with Crippen LogP contribution in [0.5, 0.6) is 0 Å². The molecule has 4 aromatic rings. The van der Waals surface area contributed by atoms with Crippen LogP contribution in [0.4, 0.5) is 0 Å². The van der Waals surface area contributed by atoms with E-state index in [0.717, 1.165) is 109 Å². The number of nitrogens with zero attached hydrogens (tertiary/aromatic N) is 2. The van der Waals surface area contributed by atoms with Crippen molar-refractivity contribution in [2.45, 2.75) is 89.5 Å². The first-order valence-corrected chi connectivity index (χ1v) is 22.6. The van der Waals surface area contributed by atoms with Crippen LogP contribution < -0.4 is 10.6 Å². The smallest absolute Gasteiger partial charge is 0.331 e. The lowest BCUT2D eigenvalue weighted by atomic mass is 9.86. The molecule has 4 aliphatic heterocycles. The Morgan fingerprint density at radius 3 is 1.37 bits per heavy atom. The normalized spacial score (nSPS) is 22.2. The standard InChI is InChI=1S/C52H60N4O6/c1-35-9-7-13-41(31-35)51(59)55-27-21-37(22-28-55)33-45-49(43-15-5-3-11-39(43)19-25-53-45)61-47(57)17-18-48(58)62-50-44-16-6-4-12-40(44)20-26-54-46(50)34-38-23-29-56(30-24-38)52(60)42-14-8-10-36(2)32-42/h3-18,31-32,37-38,45-46,49-50,53-54H,19-30,33-34H2,1-2H3/b18-17+. The van der Waals surface area contributed by atoms with E-state index < -0.39 is 24.1 Å². The number of hydrogen-bond donors (Lipinski definition) is 2. The molecule has 0 bridgehead atoms. The Kier molecular flexibility index (Phi) is 14.0. The highest BCUT2D eigenvalue weighted by molar-refractivity contribution is 5.95. The van der Waals surface area contributed by atoms with Gasteiger partial charge < -0.3 is 29.9 Å². The number of hydrogen-bond acceptors (Lipinski definition) is 8. The monoisotopic (exact) mass is 836 g/mol. The highest BCUT2D eigenvalue weighted by atomic mass is 16.6. The van der Waals surface area contributed by atoms with Gasteiger partial charge in [0.2, 0.25) is 0 Å². The summed E-state index contributed by atoms with van der Waals surface area (Å²) in [5.41, 5.74) is 7.83. The van der Waals surface area contributed by atoms with E-state index in [0.29, 0.717) is 38.0 Å². The van der Waals surface area contributed by atoms with Gasteiger partial charge in [0.05, 0.1) is 0 Å². The molecule has 0 aromatic heterocycles. The zero-order valence-electron chi connectivity index (χ0n) is 36.1. The molecule has 4 heterocycles. The Bertz CT molecular complexity index is 2100. The molecule has 2 amide bonds. The predicted octanol–water partition coefficient (Wildman–Crippen LogP) is 7.64. The van der Waals surface area contributed by atoms with Crippen LogP contribution in [0, 0.1) is 25.7 Å². The Balaban J connectivity index is 0.904. The molecule has 8 rings (SSSR count). The van der Waals surface area contributed by atoms with Gasteiger partial charge in [-0.2, -0.15) is 0 Å². The van der Waals surface area contributed by atoms with E-state index in [1.165, 1.54) is 12.2 Å². The molecule has 0 spiro atoms. The number of fused-ring (bicyclic) bond motifs is 2. The number of carbonyl (C=O) groups excluding carboxylic acids is 4. The molecule has 0 aliphatic carbocycles. The fraction of sp³-hybridized carbons (Fsp3) is 0.423. The summed E-state index contributed by atoms with van der Waals surface area (Å²) in [5.74, 6) is -0.351. The van der Waals surface area contributed by atoms with E-state index in [1.54, 1.807) is 0 Å². The van der Waals surface area contributed by atoms with Gasteiger partial charge in [-0.05, 0) is 137 Å². The summed E-state index contributed by atoms with van der Waals surface area (Å²) in [7, 11) is 0. The van der Waals surface area contributed by atoms with Gasteiger partial charge in [-0.25, -0.2) is 9.59 Å². The minimum atomic E-state index is -0.600. The number of esters is 2. The molecular formula is C52H60N4O6. The molecule has 0 saturated carbocycles. The maximum absolute atomic E-state index is 13.7. The second-order valence-electron chi connectivity index (χ2n) is 17.7. The Morgan fingerprint density at radius 2 is 0.968 bits per heavy atom. The average Bonchev–Trinajstić information content (AvgIpc) is 3.56. The van der Waals surface area contributed by atoms with Gasteiger partial charge in [-0.15, -0.1) is 0 Å². The molecule has 10 heteroatoms. The Morgan fingerprint density at radius 1 is 0.565 bits per heavy atom. The van der Waals surface area contributed by atoms with Crippen molar-refractivity contribution in [1.82, 2.24) is 20.4 Å². The molecule has 4 aliphatic rings. The van der Waals surface area contributed by atoms with Crippen LogP contribution in [-0.4, -0.2) is 84.9 Å². The van der Waals surface area contributed by atoms with Gasteiger partial charge in [0.15, 0.2) is 0 Å². The summed E-state index contributed by atoms with van der Waals surface area (Å²) in [5, 5.41) is 7.37. The molecule has 2 saturated heterocycles. The Labute approximate surface area is 366 Å². The van der Waals surface area contributed by atoms with Gasteiger partial charge in [-0.3, -0.25) is 9.59 Å². The van der Waals surface area contributed by atoms with Crippen molar-refractivity contribution in [3.8, 4) is 0 Å². The topological polar surface area (TPSA) is 117 Å². The molecule has 324 valence electrons. The maximum Gasteiger partial charge on any atom is 0.331 e. The van der Waals surface area contributed by atoms with Gasteiger partial charge in [0, 0.05) is 61.5 Å². The van der Waals surface area contributed by atoms with Crippen LogP contribution >= 0.6 is 0 Å². The van der Waals surface area contributed by atoms with E-state index in [2.05, 4.69) is 22.8 Å². The highest BCUT2D eigenvalue weighted by Crippen LogP contribution is 2.36. The number of likely N-dealkylation sites (tertiary alicyclic amines) is 2. The second-order valence-corrected chi connectivity index (χ2v) is 17.7. The lowest BCUT2D eigenvalue weighted by Gasteiger charge is -2.35. The summed E-state index contributed by atoms with van der Waals surface area (Å²) in [4.78, 5) is 57.8. The number of amides is 2. The van der Waals surface area contributed by atoms with Gasteiger partial charge >= 0.3 is 11.9 Å². The van der Waals surface area contributed by atoms with Crippen molar-refractivity contribution in [2.75, 3.05) is 39.3 Å². The quantitative estimate of drug-likeness (QED) is 0.124.